The Bertz CT molecular complexity index is 892. The molecule has 0 fully saturated rings. The molecule has 0 atom stereocenters. The number of hydrogen-bond donors (Lipinski definition) is 2. The average molecular weight is 377 g/mol. The standard InChI is InChI=1S/C23H28N4O/c1-23(2,3)19-10-12-20(13-11-19)26-22(28)25-14-7-16-27-17-15-24-21(27)18-8-5-4-6-9-18/h4-6,8-13,15,17H,7,14,16H2,1-3H3,(H2,25,26,28). The van der Waals surface area contributed by atoms with Gasteiger partial charge < -0.3 is 15.2 Å². The summed E-state index contributed by atoms with van der Waals surface area (Å²) in [6.07, 6.45) is 4.61. The number of benzene rings is 2. The molecule has 3 aromatic rings. The van der Waals surface area contributed by atoms with Crippen molar-refractivity contribution in [2.45, 2.75) is 39.2 Å². The van der Waals surface area contributed by atoms with E-state index < -0.39 is 0 Å². The van der Waals surface area contributed by atoms with E-state index in [1.54, 1.807) is 0 Å². The Kier molecular flexibility index (Phi) is 6.14. The monoisotopic (exact) mass is 376 g/mol. The van der Waals surface area contributed by atoms with Crippen LogP contribution in [0, 0.1) is 0 Å². The minimum absolute atomic E-state index is 0.104. The van der Waals surface area contributed by atoms with Crippen molar-refractivity contribution in [3.05, 3.63) is 72.6 Å². The highest BCUT2D eigenvalue weighted by molar-refractivity contribution is 5.89. The number of rotatable bonds is 6. The van der Waals surface area contributed by atoms with Crippen LogP contribution in [0.1, 0.15) is 32.8 Å². The van der Waals surface area contributed by atoms with Gasteiger partial charge in [-0.2, -0.15) is 0 Å². The first-order valence-electron chi connectivity index (χ1n) is 9.65. The first-order chi connectivity index (χ1) is 13.4. The van der Waals surface area contributed by atoms with E-state index in [9.17, 15) is 4.79 Å². The fraction of sp³-hybridized carbons (Fsp3) is 0.304. The van der Waals surface area contributed by atoms with Gasteiger partial charge in [0.2, 0.25) is 0 Å². The molecule has 0 saturated carbocycles. The van der Waals surface area contributed by atoms with Gasteiger partial charge in [-0.25, -0.2) is 9.78 Å². The van der Waals surface area contributed by atoms with Gasteiger partial charge in [-0.15, -0.1) is 0 Å². The van der Waals surface area contributed by atoms with E-state index in [4.69, 9.17) is 0 Å². The smallest absolute Gasteiger partial charge is 0.319 e. The summed E-state index contributed by atoms with van der Waals surface area (Å²) in [5.74, 6) is 0.948. The number of nitrogens with one attached hydrogen (secondary N) is 2. The first kappa shape index (κ1) is 19.7. The molecule has 5 heteroatoms. The zero-order valence-corrected chi connectivity index (χ0v) is 16.8. The molecule has 0 aliphatic rings. The molecule has 0 saturated heterocycles. The molecule has 2 aromatic carbocycles. The first-order valence-corrected chi connectivity index (χ1v) is 9.65. The van der Waals surface area contributed by atoms with Gasteiger partial charge in [0.25, 0.3) is 0 Å². The molecule has 0 spiro atoms. The van der Waals surface area contributed by atoms with E-state index in [-0.39, 0.29) is 11.4 Å². The van der Waals surface area contributed by atoms with Gasteiger partial charge in [-0.05, 0) is 29.5 Å². The number of aromatic nitrogens is 2. The number of nitrogens with zero attached hydrogens (tertiary/aromatic N) is 2. The summed E-state index contributed by atoms with van der Waals surface area (Å²) in [5, 5.41) is 5.80. The third kappa shape index (κ3) is 5.22. The Morgan fingerprint density at radius 3 is 2.43 bits per heavy atom. The minimum atomic E-state index is -0.183. The van der Waals surface area contributed by atoms with Crippen molar-refractivity contribution in [1.29, 1.82) is 0 Å². The number of urea groups is 1. The highest BCUT2D eigenvalue weighted by Crippen LogP contribution is 2.23. The number of carbonyl (C=O) groups excluding carboxylic acids is 1. The molecule has 0 aliphatic heterocycles. The van der Waals surface area contributed by atoms with Crippen LogP contribution in [-0.4, -0.2) is 22.1 Å². The fourth-order valence-corrected chi connectivity index (χ4v) is 3.02. The summed E-state index contributed by atoms with van der Waals surface area (Å²) in [5.41, 5.74) is 3.24. The predicted molar refractivity (Wildman–Crippen MR) is 114 cm³/mol. The summed E-state index contributed by atoms with van der Waals surface area (Å²) < 4.78 is 2.11. The molecule has 0 radical (unpaired) electrons. The number of hydrogen-bond acceptors (Lipinski definition) is 2. The van der Waals surface area contributed by atoms with Crippen LogP contribution in [0.25, 0.3) is 11.4 Å². The number of imidazole rings is 1. The zero-order valence-electron chi connectivity index (χ0n) is 16.8. The zero-order chi connectivity index (χ0) is 20.0. The quantitative estimate of drug-likeness (QED) is 0.591. The molecule has 0 aliphatic carbocycles. The van der Waals surface area contributed by atoms with E-state index in [2.05, 4.69) is 65.2 Å². The summed E-state index contributed by atoms with van der Waals surface area (Å²) in [6, 6.07) is 17.9. The molecule has 28 heavy (non-hydrogen) atoms. The van der Waals surface area contributed by atoms with Crippen LogP contribution in [0.5, 0.6) is 0 Å². The Hall–Kier alpha value is -3.08. The van der Waals surface area contributed by atoms with Gasteiger partial charge in [-0.3, -0.25) is 0 Å². The second kappa shape index (κ2) is 8.74. The average Bonchev–Trinajstić information content (AvgIpc) is 3.14. The van der Waals surface area contributed by atoms with Gasteiger partial charge in [0, 0.05) is 36.7 Å². The van der Waals surface area contributed by atoms with Crippen molar-refractivity contribution in [3.8, 4) is 11.4 Å². The number of anilines is 1. The van der Waals surface area contributed by atoms with Crippen LogP contribution in [0.3, 0.4) is 0 Å². The molecular formula is C23H28N4O. The molecule has 3 rings (SSSR count). The maximum Gasteiger partial charge on any atom is 0.319 e. The molecule has 2 amide bonds. The topological polar surface area (TPSA) is 59.0 Å². The van der Waals surface area contributed by atoms with E-state index in [1.807, 2.05) is 42.7 Å². The lowest BCUT2D eigenvalue weighted by Gasteiger charge is -2.19. The largest absolute Gasteiger partial charge is 0.338 e. The molecule has 1 aromatic heterocycles. The van der Waals surface area contributed by atoms with Crippen molar-refractivity contribution in [2.75, 3.05) is 11.9 Å². The number of carbonyl (C=O) groups is 1. The van der Waals surface area contributed by atoms with Gasteiger partial charge in [-0.1, -0.05) is 63.2 Å². The molecule has 2 N–H and O–H groups in total. The summed E-state index contributed by atoms with van der Waals surface area (Å²) in [6.45, 7) is 7.91. The number of amides is 2. The summed E-state index contributed by atoms with van der Waals surface area (Å²) >= 11 is 0. The minimum Gasteiger partial charge on any atom is -0.338 e. The number of aryl methyl sites for hydroxylation is 1. The summed E-state index contributed by atoms with van der Waals surface area (Å²) in [7, 11) is 0. The molecule has 0 unspecified atom stereocenters. The lowest BCUT2D eigenvalue weighted by atomic mass is 9.87. The molecule has 1 heterocycles. The van der Waals surface area contributed by atoms with Crippen molar-refractivity contribution in [1.82, 2.24) is 14.9 Å². The van der Waals surface area contributed by atoms with Gasteiger partial charge >= 0.3 is 6.03 Å². The third-order valence-corrected chi connectivity index (χ3v) is 4.62. The Balaban J connectivity index is 1.45. The van der Waals surface area contributed by atoms with E-state index >= 15 is 0 Å². The van der Waals surface area contributed by atoms with Crippen molar-refractivity contribution in [2.24, 2.45) is 0 Å². The lowest BCUT2D eigenvalue weighted by molar-refractivity contribution is 0.252. The van der Waals surface area contributed by atoms with Crippen LogP contribution in [0.2, 0.25) is 0 Å². The van der Waals surface area contributed by atoms with Crippen LogP contribution in [-0.2, 0) is 12.0 Å². The van der Waals surface area contributed by atoms with Crippen LogP contribution in [0.4, 0.5) is 10.5 Å². The Morgan fingerprint density at radius 2 is 1.75 bits per heavy atom. The lowest BCUT2D eigenvalue weighted by Crippen LogP contribution is -2.30. The van der Waals surface area contributed by atoms with Crippen molar-refractivity contribution >= 4 is 11.7 Å². The van der Waals surface area contributed by atoms with Gasteiger partial charge in [0.15, 0.2) is 0 Å². The van der Waals surface area contributed by atoms with Crippen molar-refractivity contribution < 1.29 is 4.79 Å². The fourth-order valence-electron chi connectivity index (χ4n) is 3.02. The second-order valence-electron chi connectivity index (χ2n) is 7.87. The van der Waals surface area contributed by atoms with Gasteiger partial charge in [0.1, 0.15) is 5.82 Å². The highest BCUT2D eigenvalue weighted by Gasteiger charge is 2.13. The summed E-state index contributed by atoms with van der Waals surface area (Å²) in [4.78, 5) is 16.5. The van der Waals surface area contributed by atoms with Crippen molar-refractivity contribution in [3.63, 3.8) is 0 Å². The molecular weight excluding hydrogens is 348 g/mol. The molecule has 0 bridgehead atoms. The van der Waals surface area contributed by atoms with E-state index in [0.717, 1.165) is 30.0 Å². The van der Waals surface area contributed by atoms with Crippen LogP contribution < -0.4 is 10.6 Å². The highest BCUT2D eigenvalue weighted by atomic mass is 16.2. The Labute approximate surface area is 166 Å². The maximum absolute atomic E-state index is 12.1. The SMILES string of the molecule is CC(C)(C)c1ccc(NC(=O)NCCCn2ccnc2-c2ccccc2)cc1. The third-order valence-electron chi connectivity index (χ3n) is 4.62. The predicted octanol–water partition coefficient (Wildman–Crippen LogP) is 5.06. The van der Waals surface area contributed by atoms with E-state index in [1.165, 1.54) is 5.56 Å². The van der Waals surface area contributed by atoms with Crippen LogP contribution in [0.15, 0.2) is 67.0 Å². The normalized spacial score (nSPS) is 11.2. The molecule has 146 valence electrons. The van der Waals surface area contributed by atoms with Crippen LogP contribution >= 0.6 is 0 Å². The second-order valence-corrected chi connectivity index (χ2v) is 7.87. The molecule has 5 nitrogen and oxygen atoms in total. The van der Waals surface area contributed by atoms with Gasteiger partial charge in [0.05, 0.1) is 0 Å². The maximum atomic E-state index is 12.1. The van der Waals surface area contributed by atoms with E-state index in [0.29, 0.717) is 6.54 Å². The Morgan fingerprint density at radius 1 is 1.04 bits per heavy atom.